The number of anilines is 1. The summed E-state index contributed by atoms with van der Waals surface area (Å²) in [6, 6.07) is 13.4. The van der Waals surface area contributed by atoms with Gasteiger partial charge < -0.3 is 15.4 Å². The molecule has 7 nitrogen and oxygen atoms in total. The molecule has 2 N–H and O–H groups in total. The number of carbonyl (C=O) groups is 2. The molecule has 0 spiro atoms. The van der Waals surface area contributed by atoms with Crippen LogP contribution in [-0.4, -0.2) is 28.3 Å². The molecule has 1 aromatic heterocycles. The first-order valence-corrected chi connectivity index (χ1v) is 9.69. The number of nitrogens with zero attached hydrogens (tertiary/aromatic N) is 2. The van der Waals surface area contributed by atoms with Crippen LogP contribution < -0.4 is 15.4 Å². The van der Waals surface area contributed by atoms with Gasteiger partial charge in [0, 0.05) is 28.2 Å². The standard InChI is InChI=1S/C21H18Cl2N4O3/c1-12-8-13(2)26-21(25-12)30-16-5-3-4-15(10-16)27-19(28)11-24-20(29)17-7-6-14(22)9-18(17)23/h3-10H,11H2,1-2H3,(H,24,29)(H,27,28). The molecule has 2 aromatic carbocycles. The van der Waals surface area contributed by atoms with Gasteiger partial charge in [0.15, 0.2) is 0 Å². The van der Waals surface area contributed by atoms with Crippen LogP contribution in [-0.2, 0) is 4.79 Å². The summed E-state index contributed by atoms with van der Waals surface area (Å²) in [6.07, 6.45) is 0. The second kappa shape index (κ2) is 9.56. The molecule has 0 aliphatic rings. The van der Waals surface area contributed by atoms with Crippen LogP contribution in [0.4, 0.5) is 5.69 Å². The number of nitrogens with one attached hydrogen (secondary N) is 2. The van der Waals surface area contributed by atoms with Crippen LogP contribution in [0.5, 0.6) is 11.8 Å². The largest absolute Gasteiger partial charge is 0.424 e. The van der Waals surface area contributed by atoms with Crippen molar-refractivity contribution >= 4 is 40.7 Å². The minimum Gasteiger partial charge on any atom is -0.424 e. The SMILES string of the molecule is Cc1cc(C)nc(Oc2cccc(NC(=O)CNC(=O)c3ccc(Cl)cc3Cl)c2)n1. The summed E-state index contributed by atoms with van der Waals surface area (Å²) < 4.78 is 5.67. The average molecular weight is 445 g/mol. The van der Waals surface area contributed by atoms with Gasteiger partial charge in [-0.2, -0.15) is 0 Å². The first kappa shape index (κ1) is 21.5. The molecule has 0 saturated heterocycles. The highest BCUT2D eigenvalue weighted by Crippen LogP contribution is 2.23. The Labute approximate surface area is 183 Å². The Morgan fingerprint density at radius 2 is 1.73 bits per heavy atom. The molecule has 0 bridgehead atoms. The van der Waals surface area contributed by atoms with Crippen LogP contribution in [0.3, 0.4) is 0 Å². The summed E-state index contributed by atoms with van der Waals surface area (Å²) in [5.41, 5.74) is 2.32. The molecule has 0 fully saturated rings. The molecular weight excluding hydrogens is 427 g/mol. The number of ether oxygens (including phenoxy) is 1. The van der Waals surface area contributed by atoms with Crippen LogP contribution in [0, 0.1) is 13.8 Å². The van der Waals surface area contributed by atoms with E-state index in [-0.39, 0.29) is 23.1 Å². The molecule has 9 heteroatoms. The maximum Gasteiger partial charge on any atom is 0.322 e. The lowest BCUT2D eigenvalue weighted by molar-refractivity contribution is -0.115. The minimum absolute atomic E-state index is 0.207. The second-order valence-corrected chi connectivity index (χ2v) is 7.26. The maximum atomic E-state index is 12.2. The number of hydrogen-bond acceptors (Lipinski definition) is 5. The average Bonchev–Trinajstić information content (AvgIpc) is 2.65. The molecule has 0 saturated carbocycles. The maximum absolute atomic E-state index is 12.2. The molecule has 0 atom stereocenters. The molecule has 0 aliphatic carbocycles. The molecular formula is C21H18Cl2N4O3. The Kier molecular flexibility index (Phi) is 6.87. The zero-order chi connectivity index (χ0) is 21.7. The number of hydrogen-bond donors (Lipinski definition) is 2. The lowest BCUT2D eigenvalue weighted by Gasteiger charge is -2.10. The number of amides is 2. The Balaban J connectivity index is 1.59. The Morgan fingerprint density at radius 3 is 2.43 bits per heavy atom. The molecule has 30 heavy (non-hydrogen) atoms. The lowest BCUT2D eigenvalue weighted by Crippen LogP contribution is -2.33. The fourth-order valence-corrected chi connectivity index (χ4v) is 3.11. The van der Waals surface area contributed by atoms with Gasteiger partial charge in [-0.3, -0.25) is 9.59 Å². The number of carbonyl (C=O) groups excluding carboxylic acids is 2. The number of benzene rings is 2. The summed E-state index contributed by atoms with van der Waals surface area (Å²) in [4.78, 5) is 32.8. The van der Waals surface area contributed by atoms with Crippen molar-refractivity contribution < 1.29 is 14.3 Å². The van der Waals surface area contributed by atoms with Crippen molar-refractivity contribution in [2.75, 3.05) is 11.9 Å². The van der Waals surface area contributed by atoms with Crippen LogP contribution in [0.25, 0.3) is 0 Å². The molecule has 3 rings (SSSR count). The van der Waals surface area contributed by atoms with E-state index in [4.69, 9.17) is 27.9 Å². The van der Waals surface area contributed by atoms with Crippen molar-refractivity contribution in [1.29, 1.82) is 0 Å². The van der Waals surface area contributed by atoms with E-state index in [2.05, 4.69) is 20.6 Å². The van der Waals surface area contributed by atoms with Gasteiger partial charge in [0.25, 0.3) is 5.91 Å². The van der Waals surface area contributed by atoms with Crippen molar-refractivity contribution in [3.8, 4) is 11.8 Å². The summed E-state index contributed by atoms with van der Waals surface area (Å²) in [7, 11) is 0. The van der Waals surface area contributed by atoms with Crippen molar-refractivity contribution in [2.45, 2.75) is 13.8 Å². The molecule has 0 aliphatic heterocycles. The van der Waals surface area contributed by atoms with Crippen molar-refractivity contribution in [3.63, 3.8) is 0 Å². The van der Waals surface area contributed by atoms with Gasteiger partial charge in [0.2, 0.25) is 5.91 Å². The van der Waals surface area contributed by atoms with E-state index < -0.39 is 11.8 Å². The van der Waals surface area contributed by atoms with Gasteiger partial charge in [-0.25, -0.2) is 9.97 Å². The monoisotopic (exact) mass is 444 g/mol. The van der Waals surface area contributed by atoms with Crippen LogP contribution in [0.15, 0.2) is 48.5 Å². The number of rotatable bonds is 6. The number of halogens is 2. The Morgan fingerprint density at radius 1 is 1.00 bits per heavy atom. The van der Waals surface area contributed by atoms with Gasteiger partial charge in [-0.1, -0.05) is 29.3 Å². The third kappa shape index (κ3) is 5.92. The van der Waals surface area contributed by atoms with Crippen LogP contribution >= 0.6 is 23.2 Å². The van der Waals surface area contributed by atoms with E-state index >= 15 is 0 Å². The van der Waals surface area contributed by atoms with Crippen molar-refractivity contribution in [3.05, 3.63) is 75.5 Å². The zero-order valence-electron chi connectivity index (χ0n) is 16.2. The van der Waals surface area contributed by atoms with E-state index in [1.165, 1.54) is 12.1 Å². The fraction of sp³-hybridized carbons (Fsp3) is 0.143. The molecule has 154 valence electrons. The lowest BCUT2D eigenvalue weighted by atomic mass is 10.2. The zero-order valence-corrected chi connectivity index (χ0v) is 17.7. The van der Waals surface area contributed by atoms with Crippen molar-refractivity contribution in [2.24, 2.45) is 0 Å². The highest BCUT2D eigenvalue weighted by atomic mass is 35.5. The van der Waals surface area contributed by atoms with E-state index in [9.17, 15) is 9.59 Å². The Hall–Kier alpha value is -3.16. The number of aryl methyl sites for hydroxylation is 2. The third-order valence-corrected chi connectivity index (χ3v) is 4.42. The van der Waals surface area contributed by atoms with Crippen LogP contribution in [0.2, 0.25) is 10.0 Å². The van der Waals surface area contributed by atoms with Gasteiger partial charge >= 0.3 is 6.01 Å². The predicted molar refractivity (Wildman–Crippen MR) is 115 cm³/mol. The van der Waals surface area contributed by atoms with E-state index in [0.717, 1.165) is 11.4 Å². The first-order chi connectivity index (χ1) is 14.3. The minimum atomic E-state index is -0.476. The Bertz CT molecular complexity index is 1090. The third-order valence-electron chi connectivity index (χ3n) is 3.87. The first-order valence-electron chi connectivity index (χ1n) is 8.93. The topological polar surface area (TPSA) is 93.2 Å². The summed E-state index contributed by atoms with van der Waals surface area (Å²) in [6.45, 7) is 3.47. The van der Waals surface area contributed by atoms with E-state index in [0.29, 0.717) is 16.5 Å². The van der Waals surface area contributed by atoms with Crippen molar-refractivity contribution in [1.82, 2.24) is 15.3 Å². The molecule has 3 aromatic rings. The fourth-order valence-electron chi connectivity index (χ4n) is 2.62. The highest BCUT2D eigenvalue weighted by molar-refractivity contribution is 6.36. The predicted octanol–water partition coefficient (Wildman–Crippen LogP) is 4.56. The van der Waals surface area contributed by atoms with Gasteiger partial charge in [-0.15, -0.1) is 0 Å². The number of aromatic nitrogens is 2. The van der Waals surface area contributed by atoms with Gasteiger partial charge in [0.05, 0.1) is 17.1 Å². The van der Waals surface area contributed by atoms with Gasteiger partial charge in [-0.05, 0) is 50.2 Å². The summed E-state index contributed by atoms with van der Waals surface area (Å²) in [5.74, 6) is -0.418. The molecule has 0 radical (unpaired) electrons. The molecule has 1 heterocycles. The summed E-state index contributed by atoms with van der Waals surface area (Å²) in [5, 5.41) is 5.84. The second-order valence-electron chi connectivity index (χ2n) is 6.42. The quantitative estimate of drug-likeness (QED) is 0.580. The highest BCUT2D eigenvalue weighted by Gasteiger charge is 2.12. The smallest absolute Gasteiger partial charge is 0.322 e. The van der Waals surface area contributed by atoms with Crippen LogP contribution in [0.1, 0.15) is 21.7 Å². The molecule has 2 amide bonds. The molecule has 0 unspecified atom stereocenters. The van der Waals surface area contributed by atoms with Gasteiger partial charge in [0.1, 0.15) is 5.75 Å². The van der Waals surface area contributed by atoms with E-state index in [1.807, 2.05) is 19.9 Å². The van der Waals surface area contributed by atoms with E-state index in [1.54, 1.807) is 30.3 Å². The normalized spacial score (nSPS) is 10.4. The summed E-state index contributed by atoms with van der Waals surface area (Å²) >= 11 is 11.8.